The summed E-state index contributed by atoms with van der Waals surface area (Å²) in [5, 5.41) is 24.9. The van der Waals surface area contributed by atoms with Crippen LogP contribution in [0.25, 0.3) is 0 Å². The number of aliphatic hydroxyl groups is 2. The summed E-state index contributed by atoms with van der Waals surface area (Å²) in [5.74, 6) is -0.0561. The molecule has 2 heterocycles. The third kappa shape index (κ3) is 11.3. The van der Waals surface area contributed by atoms with Gasteiger partial charge in [-0.3, -0.25) is 20.2 Å². The number of likely N-dealkylation sites (tertiary alicyclic amines) is 2. The Morgan fingerprint density at radius 3 is 1.80 bits per heavy atom. The lowest BCUT2D eigenvalue weighted by molar-refractivity contribution is -0.206. The number of hydrogen-bond acceptors (Lipinski definition) is 12. The second-order valence-corrected chi connectivity index (χ2v) is 13.0. The van der Waals surface area contributed by atoms with Crippen molar-refractivity contribution in [3.8, 4) is 17.2 Å². The molecule has 2 aromatic rings. The van der Waals surface area contributed by atoms with Gasteiger partial charge in [-0.1, -0.05) is 31.7 Å². The van der Waals surface area contributed by atoms with Gasteiger partial charge in [0.1, 0.15) is 24.7 Å². The number of nitrogens with one attached hydrogen (secondary N) is 2. The van der Waals surface area contributed by atoms with Crippen LogP contribution in [0.1, 0.15) is 71.2 Å². The van der Waals surface area contributed by atoms with Crippen LogP contribution in [0.3, 0.4) is 0 Å². The van der Waals surface area contributed by atoms with Gasteiger partial charge in [-0.25, -0.2) is 9.59 Å². The van der Waals surface area contributed by atoms with Crippen LogP contribution in [0.5, 0.6) is 17.2 Å². The Morgan fingerprint density at radius 1 is 0.745 bits per heavy atom. The minimum atomic E-state index is -0.801. The van der Waals surface area contributed by atoms with Crippen LogP contribution in [0, 0.1) is 0 Å². The van der Waals surface area contributed by atoms with Gasteiger partial charge < -0.3 is 43.8 Å². The molecule has 4 amide bonds. The molecule has 16 heteroatoms. The molecule has 4 N–H and O–H groups in total. The number of ether oxygens (including phenoxy) is 4. The Labute approximate surface area is 320 Å². The first-order chi connectivity index (χ1) is 26.7. The van der Waals surface area contributed by atoms with Crippen molar-refractivity contribution in [2.75, 3.05) is 71.0 Å². The number of aliphatic hydroxyl groups excluding tert-OH is 2. The van der Waals surface area contributed by atoms with Crippen molar-refractivity contribution in [3.05, 3.63) is 66.3 Å². The zero-order chi connectivity index (χ0) is 39.7. The summed E-state index contributed by atoms with van der Waals surface area (Å²) >= 11 is 0. The number of carbonyl (C=O) groups is 4. The molecule has 0 saturated carbocycles. The van der Waals surface area contributed by atoms with Crippen LogP contribution in [-0.4, -0.2) is 116 Å². The van der Waals surface area contributed by atoms with Crippen molar-refractivity contribution in [2.24, 2.45) is 0 Å². The maximum atomic E-state index is 13.5. The van der Waals surface area contributed by atoms with Gasteiger partial charge in [0.15, 0.2) is 5.75 Å². The number of anilines is 2. The van der Waals surface area contributed by atoms with E-state index in [1.807, 2.05) is 0 Å². The summed E-state index contributed by atoms with van der Waals surface area (Å²) in [5.41, 5.74) is 1.66. The number of aryl methyl sites for hydroxylation is 1. The topological polar surface area (TPSA) is 195 Å². The first-order valence-corrected chi connectivity index (χ1v) is 18.3. The number of unbranched alkanes of at least 4 members (excludes halogenated alkanes) is 2. The lowest BCUT2D eigenvalue weighted by Crippen LogP contribution is -2.37. The van der Waals surface area contributed by atoms with Crippen molar-refractivity contribution >= 4 is 35.4 Å². The van der Waals surface area contributed by atoms with E-state index in [4.69, 9.17) is 28.7 Å². The molecular formula is C39H52N4O12. The average Bonchev–Trinajstić information content (AvgIpc) is 3.89. The van der Waals surface area contributed by atoms with Crippen LogP contribution in [-0.2, 0) is 20.8 Å². The van der Waals surface area contributed by atoms with Gasteiger partial charge in [0.25, 0.3) is 11.8 Å². The minimum absolute atomic E-state index is 0.00674. The van der Waals surface area contributed by atoms with Crippen molar-refractivity contribution in [2.45, 2.75) is 63.5 Å². The van der Waals surface area contributed by atoms with Gasteiger partial charge in [-0.2, -0.15) is 4.89 Å². The summed E-state index contributed by atoms with van der Waals surface area (Å²) < 4.78 is 21.3. The normalized spacial score (nSPS) is 16.3. The number of carbonyl (C=O) groups excluding carboxylic acids is 4. The molecule has 2 aliphatic heterocycles. The Kier molecular flexibility index (Phi) is 16.6. The maximum absolute atomic E-state index is 13.5. The van der Waals surface area contributed by atoms with Gasteiger partial charge in [0, 0.05) is 24.8 Å². The van der Waals surface area contributed by atoms with Crippen LogP contribution >= 0.6 is 0 Å². The fourth-order valence-corrected chi connectivity index (χ4v) is 6.56. The lowest BCUT2D eigenvalue weighted by atomic mass is 10.0. The zero-order valence-electron chi connectivity index (χ0n) is 31.5. The molecule has 0 unspecified atom stereocenters. The van der Waals surface area contributed by atoms with Gasteiger partial charge in [-0.05, 0) is 68.7 Å². The third-order valence-corrected chi connectivity index (χ3v) is 9.35. The standard InChI is InChI=1S/C39H52N4O12/c1-5-17-52-38(48)40-31-21-29(36(46)42-15-10-13-27(42)24-44)33(50-3)20-26(31)12-8-7-9-19-54-55-35-23-34(51-4)30(22-32(35)41-39(49)53-18-6-2)37(47)43-16-11-14-28(43)25-45/h5-6,20-23,27-28,44-45H,1-2,7-19,24-25H2,3-4H3,(H,40,48)(H,41,49)/t27-,28-/m0/s1. The summed E-state index contributed by atoms with van der Waals surface area (Å²) in [7, 11) is 2.88. The molecule has 0 aliphatic carbocycles. The van der Waals surface area contributed by atoms with Crippen LogP contribution in [0.4, 0.5) is 21.0 Å². The van der Waals surface area contributed by atoms with Crippen molar-refractivity contribution in [1.82, 2.24) is 9.80 Å². The second-order valence-electron chi connectivity index (χ2n) is 13.0. The minimum Gasteiger partial charge on any atom is -0.496 e. The van der Waals surface area contributed by atoms with E-state index in [1.165, 1.54) is 38.5 Å². The number of amides is 4. The predicted octanol–water partition coefficient (Wildman–Crippen LogP) is 5.09. The molecule has 0 radical (unpaired) electrons. The van der Waals surface area contributed by atoms with Crippen molar-refractivity contribution in [1.29, 1.82) is 0 Å². The third-order valence-electron chi connectivity index (χ3n) is 9.35. The van der Waals surface area contributed by atoms with Crippen molar-refractivity contribution in [3.63, 3.8) is 0 Å². The fourth-order valence-electron chi connectivity index (χ4n) is 6.56. The Hall–Kier alpha value is -5.32. The number of hydrogen-bond donors (Lipinski definition) is 4. The largest absolute Gasteiger partial charge is 0.496 e. The van der Waals surface area contributed by atoms with E-state index in [0.717, 1.165) is 18.4 Å². The Morgan fingerprint density at radius 2 is 1.27 bits per heavy atom. The molecule has 2 aromatic carbocycles. The molecule has 2 aliphatic rings. The molecule has 55 heavy (non-hydrogen) atoms. The molecule has 0 aromatic heterocycles. The summed E-state index contributed by atoms with van der Waals surface area (Å²) in [6.45, 7) is 7.90. The highest BCUT2D eigenvalue weighted by Gasteiger charge is 2.33. The van der Waals surface area contributed by atoms with Crippen LogP contribution < -0.4 is 25.0 Å². The Balaban J connectivity index is 1.42. The van der Waals surface area contributed by atoms with E-state index in [-0.39, 0.29) is 85.2 Å². The van der Waals surface area contributed by atoms with E-state index in [0.29, 0.717) is 63.1 Å². The monoisotopic (exact) mass is 768 g/mol. The fraction of sp³-hybridized carbons (Fsp3) is 0.487. The van der Waals surface area contributed by atoms with E-state index in [9.17, 15) is 29.4 Å². The molecule has 2 saturated heterocycles. The molecular weight excluding hydrogens is 716 g/mol. The number of rotatable bonds is 20. The maximum Gasteiger partial charge on any atom is 0.412 e. The molecule has 16 nitrogen and oxygen atoms in total. The zero-order valence-corrected chi connectivity index (χ0v) is 31.5. The van der Waals surface area contributed by atoms with Gasteiger partial charge in [0.2, 0.25) is 0 Å². The summed E-state index contributed by atoms with van der Waals surface area (Å²) in [6, 6.07) is 5.55. The number of methoxy groups -OCH3 is 2. The van der Waals surface area contributed by atoms with Crippen molar-refractivity contribution < 1.29 is 58.1 Å². The number of benzene rings is 2. The Bertz CT molecular complexity index is 1550. The average molecular weight is 769 g/mol. The highest BCUT2D eigenvalue weighted by atomic mass is 17.2. The summed E-state index contributed by atoms with van der Waals surface area (Å²) in [6.07, 6.45) is 6.67. The van der Waals surface area contributed by atoms with E-state index in [1.54, 1.807) is 21.9 Å². The van der Waals surface area contributed by atoms with Crippen LogP contribution in [0.2, 0.25) is 0 Å². The smallest absolute Gasteiger partial charge is 0.412 e. The highest BCUT2D eigenvalue weighted by Crippen LogP contribution is 2.36. The first-order valence-electron chi connectivity index (χ1n) is 18.3. The van der Waals surface area contributed by atoms with Gasteiger partial charge in [0.05, 0.1) is 62.9 Å². The summed E-state index contributed by atoms with van der Waals surface area (Å²) in [4.78, 5) is 66.4. The first kappa shape index (κ1) is 42.4. The van der Waals surface area contributed by atoms with Crippen LogP contribution in [0.15, 0.2) is 49.6 Å². The van der Waals surface area contributed by atoms with Gasteiger partial charge >= 0.3 is 12.2 Å². The highest BCUT2D eigenvalue weighted by molar-refractivity contribution is 6.01. The van der Waals surface area contributed by atoms with E-state index >= 15 is 0 Å². The molecule has 2 fully saturated rings. The van der Waals surface area contributed by atoms with E-state index in [2.05, 4.69) is 23.8 Å². The SMILES string of the molecule is C=CCOC(=O)Nc1cc(C(=O)N2CCC[C@H]2CO)c(OC)cc1CCCCCOOc1cc(OC)c(C(=O)N2CCC[C@H]2CO)cc1NC(=O)OCC=C. The molecule has 2 atom stereocenters. The predicted molar refractivity (Wildman–Crippen MR) is 203 cm³/mol. The molecule has 0 bridgehead atoms. The lowest BCUT2D eigenvalue weighted by Gasteiger charge is -2.25. The number of nitrogens with zero attached hydrogens (tertiary/aromatic N) is 2. The van der Waals surface area contributed by atoms with Gasteiger partial charge in [-0.15, -0.1) is 0 Å². The molecule has 0 spiro atoms. The van der Waals surface area contributed by atoms with E-state index < -0.39 is 12.2 Å². The molecule has 4 rings (SSSR count). The second kappa shape index (κ2) is 21.5. The quantitative estimate of drug-likeness (QED) is 0.0604. The molecule has 300 valence electrons.